The maximum atomic E-state index is 10.7. The van der Waals surface area contributed by atoms with Gasteiger partial charge in [-0.05, 0) is 33.2 Å². The van der Waals surface area contributed by atoms with E-state index in [1.807, 2.05) is 0 Å². The number of carboxylic acids is 1. The summed E-state index contributed by atoms with van der Waals surface area (Å²) < 4.78 is 5.47. The van der Waals surface area contributed by atoms with Gasteiger partial charge in [0.2, 0.25) is 0 Å². The second-order valence-electron chi connectivity index (χ2n) is 3.50. The minimum atomic E-state index is -0.795. The largest absolute Gasteiger partial charge is 0.480 e. The highest BCUT2D eigenvalue weighted by molar-refractivity contribution is 5.72. The Morgan fingerprint density at radius 3 is 2.77 bits per heavy atom. The van der Waals surface area contributed by atoms with Crippen LogP contribution in [0, 0.1) is 0 Å². The number of nitrogens with zero attached hydrogens (tertiary/aromatic N) is 1. The van der Waals surface area contributed by atoms with Gasteiger partial charge in [-0.2, -0.15) is 0 Å². The van der Waals surface area contributed by atoms with Crippen LogP contribution in [0.4, 0.5) is 0 Å². The lowest BCUT2D eigenvalue weighted by Gasteiger charge is -2.33. The summed E-state index contributed by atoms with van der Waals surface area (Å²) in [6.07, 6.45) is 3.14. The SMILES string of the molecule is CC(C(=O)O)N(C)C1CCCCO1. The predicted octanol–water partition coefficient (Wildman–Crippen LogP) is 0.918. The van der Waals surface area contributed by atoms with E-state index in [2.05, 4.69) is 0 Å². The number of carboxylic acid groups (broad SMARTS) is 1. The third kappa shape index (κ3) is 2.67. The van der Waals surface area contributed by atoms with Crippen LogP contribution in [-0.2, 0) is 9.53 Å². The van der Waals surface area contributed by atoms with Crippen LogP contribution in [0.25, 0.3) is 0 Å². The zero-order valence-corrected chi connectivity index (χ0v) is 8.19. The van der Waals surface area contributed by atoms with Crippen molar-refractivity contribution < 1.29 is 14.6 Å². The molecule has 1 aliphatic rings. The molecule has 2 unspecified atom stereocenters. The van der Waals surface area contributed by atoms with E-state index in [1.165, 1.54) is 0 Å². The molecule has 0 spiro atoms. The molecule has 1 saturated heterocycles. The topological polar surface area (TPSA) is 49.8 Å². The number of ether oxygens (including phenoxy) is 1. The number of hydrogen-bond donors (Lipinski definition) is 1. The molecule has 0 amide bonds. The van der Waals surface area contributed by atoms with E-state index >= 15 is 0 Å². The summed E-state index contributed by atoms with van der Waals surface area (Å²) in [7, 11) is 1.80. The lowest BCUT2D eigenvalue weighted by Crippen LogP contribution is -2.45. The van der Waals surface area contributed by atoms with Gasteiger partial charge in [-0.25, -0.2) is 0 Å². The molecule has 0 bridgehead atoms. The molecule has 0 radical (unpaired) electrons. The van der Waals surface area contributed by atoms with Gasteiger partial charge in [0.1, 0.15) is 12.3 Å². The molecule has 1 heterocycles. The Bertz CT molecular complexity index is 178. The molecule has 0 aliphatic carbocycles. The van der Waals surface area contributed by atoms with Gasteiger partial charge in [-0.15, -0.1) is 0 Å². The number of rotatable bonds is 3. The highest BCUT2D eigenvalue weighted by Gasteiger charge is 2.26. The normalized spacial score (nSPS) is 25.9. The molecule has 0 aromatic carbocycles. The summed E-state index contributed by atoms with van der Waals surface area (Å²) in [6.45, 7) is 2.43. The zero-order valence-electron chi connectivity index (χ0n) is 8.19. The maximum Gasteiger partial charge on any atom is 0.320 e. The first-order valence-corrected chi connectivity index (χ1v) is 4.69. The molecule has 13 heavy (non-hydrogen) atoms. The number of aliphatic carboxylic acids is 1. The Kier molecular flexibility index (Phi) is 3.69. The van der Waals surface area contributed by atoms with Crippen LogP contribution >= 0.6 is 0 Å². The average Bonchev–Trinajstić information content (AvgIpc) is 2.17. The zero-order chi connectivity index (χ0) is 9.84. The van der Waals surface area contributed by atoms with Gasteiger partial charge >= 0.3 is 5.97 Å². The molecule has 1 N–H and O–H groups in total. The van der Waals surface area contributed by atoms with Crippen molar-refractivity contribution >= 4 is 5.97 Å². The van der Waals surface area contributed by atoms with Gasteiger partial charge in [-0.3, -0.25) is 9.69 Å². The van der Waals surface area contributed by atoms with Gasteiger partial charge in [0, 0.05) is 6.61 Å². The highest BCUT2D eigenvalue weighted by atomic mass is 16.5. The number of likely N-dealkylation sites (N-methyl/N-ethyl adjacent to an activating group) is 1. The Morgan fingerprint density at radius 2 is 2.31 bits per heavy atom. The van der Waals surface area contributed by atoms with Gasteiger partial charge in [0.15, 0.2) is 0 Å². The van der Waals surface area contributed by atoms with Gasteiger partial charge in [0.25, 0.3) is 0 Å². The Labute approximate surface area is 78.5 Å². The molecule has 0 aromatic heterocycles. The van der Waals surface area contributed by atoms with Gasteiger partial charge < -0.3 is 9.84 Å². The predicted molar refractivity (Wildman–Crippen MR) is 48.5 cm³/mol. The van der Waals surface area contributed by atoms with Crippen molar-refractivity contribution in [1.82, 2.24) is 4.90 Å². The van der Waals surface area contributed by atoms with Crippen molar-refractivity contribution in [2.45, 2.75) is 38.5 Å². The Balaban J connectivity index is 2.44. The fraction of sp³-hybridized carbons (Fsp3) is 0.889. The van der Waals surface area contributed by atoms with Crippen molar-refractivity contribution in [3.8, 4) is 0 Å². The smallest absolute Gasteiger partial charge is 0.320 e. The molecular formula is C9H17NO3. The van der Waals surface area contributed by atoms with E-state index in [0.717, 1.165) is 25.9 Å². The van der Waals surface area contributed by atoms with Crippen LogP contribution in [0.1, 0.15) is 26.2 Å². The van der Waals surface area contributed by atoms with E-state index in [4.69, 9.17) is 9.84 Å². The first-order valence-electron chi connectivity index (χ1n) is 4.69. The lowest BCUT2D eigenvalue weighted by atomic mass is 10.1. The summed E-state index contributed by atoms with van der Waals surface area (Å²) in [4.78, 5) is 12.5. The molecule has 1 aliphatic heterocycles. The summed E-state index contributed by atoms with van der Waals surface area (Å²) in [5.74, 6) is -0.795. The van der Waals surface area contributed by atoms with Crippen molar-refractivity contribution in [2.24, 2.45) is 0 Å². The maximum absolute atomic E-state index is 10.7. The molecule has 4 heteroatoms. The van der Waals surface area contributed by atoms with Crippen LogP contribution in [0.5, 0.6) is 0 Å². The molecule has 2 atom stereocenters. The summed E-state index contributed by atoms with van der Waals surface area (Å²) in [6, 6.07) is -0.469. The number of hydrogen-bond acceptors (Lipinski definition) is 3. The van der Waals surface area contributed by atoms with Crippen LogP contribution in [0.2, 0.25) is 0 Å². The molecule has 0 aromatic rings. The lowest BCUT2D eigenvalue weighted by molar-refractivity contribution is -0.151. The van der Waals surface area contributed by atoms with Crippen LogP contribution in [0.15, 0.2) is 0 Å². The Hall–Kier alpha value is -0.610. The van der Waals surface area contributed by atoms with E-state index in [-0.39, 0.29) is 6.23 Å². The second kappa shape index (κ2) is 4.58. The van der Waals surface area contributed by atoms with E-state index < -0.39 is 12.0 Å². The van der Waals surface area contributed by atoms with Gasteiger partial charge in [-0.1, -0.05) is 0 Å². The van der Waals surface area contributed by atoms with Crippen LogP contribution in [-0.4, -0.2) is 41.9 Å². The molecule has 76 valence electrons. The van der Waals surface area contributed by atoms with Crippen LogP contribution < -0.4 is 0 Å². The monoisotopic (exact) mass is 187 g/mol. The van der Waals surface area contributed by atoms with E-state index in [9.17, 15) is 4.79 Å². The first-order chi connectivity index (χ1) is 6.13. The fourth-order valence-electron chi connectivity index (χ4n) is 1.47. The summed E-state index contributed by atoms with van der Waals surface area (Å²) in [5.41, 5.74) is 0. The van der Waals surface area contributed by atoms with Crippen molar-refractivity contribution in [1.29, 1.82) is 0 Å². The van der Waals surface area contributed by atoms with Crippen LogP contribution in [0.3, 0.4) is 0 Å². The summed E-state index contributed by atoms with van der Waals surface area (Å²) in [5, 5.41) is 8.79. The minimum Gasteiger partial charge on any atom is -0.480 e. The highest BCUT2D eigenvalue weighted by Crippen LogP contribution is 2.17. The summed E-state index contributed by atoms with van der Waals surface area (Å²) >= 11 is 0. The van der Waals surface area contributed by atoms with Crippen molar-refractivity contribution in [3.63, 3.8) is 0 Å². The second-order valence-corrected chi connectivity index (χ2v) is 3.50. The molecule has 1 rings (SSSR count). The standard InChI is InChI=1S/C9H17NO3/c1-7(9(11)12)10(2)8-5-3-4-6-13-8/h7-8H,3-6H2,1-2H3,(H,11,12). The van der Waals surface area contributed by atoms with Crippen molar-refractivity contribution in [3.05, 3.63) is 0 Å². The Morgan fingerprint density at radius 1 is 1.62 bits per heavy atom. The average molecular weight is 187 g/mol. The first kappa shape index (κ1) is 10.5. The molecule has 0 saturated carbocycles. The minimum absolute atomic E-state index is 0.0140. The van der Waals surface area contributed by atoms with Gasteiger partial charge in [0.05, 0.1) is 0 Å². The molecular weight excluding hydrogens is 170 g/mol. The quantitative estimate of drug-likeness (QED) is 0.713. The van der Waals surface area contributed by atoms with E-state index in [0.29, 0.717) is 0 Å². The third-order valence-corrected chi connectivity index (χ3v) is 2.58. The van der Waals surface area contributed by atoms with E-state index in [1.54, 1.807) is 18.9 Å². The van der Waals surface area contributed by atoms with Crippen molar-refractivity contribution in [2.75, 3.05) is 13.7 Å². The number of carbonyl (C=O) groups is 1. The fourth-order valence-corrected chi connectivity index (χ4v) is 1.47. The third-order valence-electron chi connectivity index (χ3n) is 2.58. The molecule has 1 fully saturated rings. The molecule has 4 nitrogen and oxygen atoms in total.